The van der Waals surface area contributed by atoms with Crippen molar-refractivity contribution < 1.29 is 13.4 Å². The van der Waals surface area contributed by atoms with Crippen LogP contribution in [0.1, 0.15) is 16.8 Å². The second-order valence-corrected chi connectivity index (χ2v) is 5.03. The second-order valence-electron chi connectivity index (χ2n) is 3.47. The number of hydrogen-bond donors (Lipinski definition) is 2. The Kier molecular flexibility index (Phi) is 5.02. The number of nitrogens with zero attached hydrogens (tertiary/aromatic N) is 1. The van der Waals surface area contributed by atoms with E-state index in [1.54, 1.807) is 6.26 Å². The van der Waals surface area contributed by atoms with E-state index in [0.29, 0.717) is 18.7 Å². The van der Waals surface area contributed by atoms with Crippen LogP contribution in [-0.4, -0.2) is 33.7 Å². The van der Waals surface area contributed by atoms with Crippen LogP contribution in [0.5, 0.6) is 0 Å². The molecule has 0 aliphatic rings. The first kappa shape index (κ1) is 13.6. The topological polar surface area (TPSA) is 85.1 Å². The van der Waals surface area contributed by atoms with Crippen molar-refractivity contribution in [3.63, 3.8) is 0 Å². The highest BCUT2D eigenvalue weighted by Crippen LogP contribution is 2.09. The van der Waals surface area contributed by atoms with Crippen LogP contribution >= 0.6 is 0 Å². The van der Waals surface area contributed by atoms with E-state index in [1.807, 2.05) is 0 Å². The lowest BCUT2D eigenvalue weighted by Gasteiger charge is -2.06. The zero-order chi connectivity index (χ0) is 12.8. The lowest BCUT2D eigenvalue weighted by Crippen LogP contribution is -2.26. The predicted octanol–water partition coefficient (Wildman–Crippen LogP) is 0.301. The summed E-state index contributed by atoms with van der Waals surface area (Å²) in [7, 11) is -0.881. The number of aromatic nitrogens is 1. The number of anilines is 1. The first-order valence-corrected chi connectivity index (χ1v) is 6.72. The highest BCUT2D eigenvalue weighted by Gasteiger charge is 2.11. The lowest BCUT2D eigenvalue weighted by molar-refractivity contribution is 0.0954. The number of nitrogens with one attached hydrogen (secondary N) is 1. The quantitative estimate of drug-likeness (QED) is 0.745. The average Bonchev–Trinajstić information content (AvgIpc) is 2.27. The first-order valence-electron chi connectivity index (χ1n) is 5.00. The van der Waals surface area contributed by atoms with Crippen LogP contribution < -0.4 is 11.1 Å². The number of rotatable bonds is 5. The van der Waals surface area contributed by atoms with Crippen LogP contribution in [0.4, 0.5) is 10.2 Å². The van der Waals surface area contributed by atoms with E-state index in [1.165, 1.54) is 0 Å². The minimum Gasteiger partial charge on any atom is -0.383 e. The molecule has 1 atom stereocenters. The van der Waals surface area contributed by atoms with E-state index < -0.39 is 22.5 Å². The van der Waals surface area contributed by atoms with Crippen molar-refractivity contribution in [2.75, 3.05) is 24.3 Å². The molecule has 0 bridgehead atoms. The molecule has 94 valence electrons. The Morgan fingerprint density at radius 3 is 3.00 bits per heavy atom. The minimum atomic E-state index is -0.881. The van der Waals surface area contributed by atoms with Gasteiger partial charge in [0.2, 0.25) is 0 Å². The number of amides is 1. The predicted molar refractivity (Wildman–Crippen MR) is 64.5 cm³/mol. The molecule has 0 aliphatic heterocycles. The van der Waals surface area contributed by atoms with Gasteiger partial charge in [0.15, 0.2) is 0 Å². The molecular formula is C10H14FN3O2S. The summed E-state index contributed by atoms with van der Waals surface area (Å²) in [5.41, 5.74) is 5.47. The standard InChI is InChI=1S/C10H14FN3O2S/c1-17(16)4-2-3-13-10(15)8-5-7(11)6-14-9(8)12/h5-6H,2-4H2,1H3,(H2,12,14)(H,13,15). The Morgan fingerprint density at radius 1 is 1.65 bits per heavy atom. The molecule has 17 heavy (non-hydrogen) atoms. The summed E-state index contributed by atoms with van der Waals surface area (Å²) in [6, 6.07) is 1.04. The Labute approximate surface area is 101 Å². The number of carbonyl (C=O) groups excluding carboxylic acids is 1. The lowest BCUT2D eigenvalue weighted by atomic mass is 10.2. The Bertz CT molecular complexity index is 440. The largest absolute Gasteiger partial charge is 0.383 e. The fourth-order valence-corrected chi connectivity index (χ4v) is 1.76. The Balaban J connectivity index is 2.52. The summed E-state index contributed by atoms with van der Waals surface area (Å²) in [5.74, 6) is -0.588. The number of halogens is 1. The van der Waals surface area contributed by atoms with Crippen molar-refractivity contribution in [1.29, 1.82) is 0 Å². The van der Waals surface area contributed by atoms with Gasteiger partial charge in [-0.15, -0.1) is 0 Å². The van der Waals surface area contributed by atoms with Gasteiger partial charge in [0.1, 0.15) is 11.6 Å². The molecule has 0 radical (unpaired) electrons. The Morgan fingerprint density at radius 2 is 2.35 bits per heavy atom. The SMILES string of the molecule is CS(=O)CCCNC(=O)c1cc(F)cnc1N. The number of carbonyl (C=O) groups is 1. The summed E-state index contributed by atoms with van der Waals surface area (Å²) in [6.07, 6.45) is 3.14. The normalized spacial score (nSPS) is 12.1. The van der Waals surface area contributed by atoms with Gasteiger partial charge >= 0.3 is 0 Å². The third kappa shape index (κ3) is 4.48. The van der Waals surface area contributed by atoms with Gasteiger partial charge in [0.05, 0.1) is 11.8 Å². The third-order valence-corrected chi connectivity index (χ3v) is 2.89. The van der Waals surface area contributed by atoms with Crippen LogP contribution in [0.3, 0.4) is 0 Å². The summed E-state index contributed by atoms with van der Waals surface area (Å²) in [5, 5.41) is 2.56. The fraction of sp³-hybridized carbons (Fsp3) is 0.400. The maximum absolute atomic E-state index is 12.9. The van der Waals surface area contributed by atoms with Crippen molar-refractivity contribution in [3.05, 3.63) is 23.6 Å². The van der Waals surface area contributed by atoms with Crippen molar-refractivity contribution in [2.24, 2.45) is 0 Å². The molecule has 0 fully saturated rings. The molecule has 1 rings (SSSR count). The molecular weight excluding hydrogens is 245 g/mol. The van der Waals surface area contributed by atoms with Gasteiger partial charge in [-0.3, -0.25) is 9.00 Å². The maximum Gasteiger partial charge on any atom is 0.255 e. The van der Waals surface area contributed by atoms with Crippen molar-refractivity contribution >= 4 is 22.5 Å². The fourth-order valence-electron chi connectivity index (χ4n) is 1.20. The number of nitrogens with two attached hydrogens (primary N) is 1. The smallest absolute Gasteiger partial charge is 0.255 e. The summed E-state index contributed by atoms with van der Waals surface area (Å²) < 4.78 is 23.6. The van der Waals surface area contributed by atoms with Gasteiger partial charge in [-0.25, -0.2) is 9.37 Å². The monoisotopic (exact) mass is 259 g/mol. The van der Waals surface area contributed by atoms with Crippen LogP contribution in [0.2, 0.25) is 0 Å². The van der Waals surface area contributed by atoms with Gasteiger partial charge in [-0.2, -0.15) is 0 Å². The van der Waals surface area contributed by atoms with Gasteiger partial charge in [0.25, 0.3) is 5.91 Å². The zero-order valence-corrected chi connectivity index (χ0v) is 10.2. The molecule has 1 aromatic rings. The number of nitrogen functional groups attached to an aromatic ring is 1. The average molecular weight is 259 g/mol. The summed E-state index contributed by atoms with van der Waals surface area (Å²) in [6.45, 7) is 0.369. The van der Waals surface area contributed by atoms with Gasteiger partial charge in [-0.05, 0) is 12.5 Å². The van der Waals surface area contributed by atoms with Crippen molar-refractivity contribution in [2.45, 2.75) is 6.42 Å². The molecule has 0 saturated carbocycles. The molecule has 1 amide bonds. The van der Waals surface area contributed by atoms with E-state index in [2.05, 4.69) is 10.3 Å². The van der Waals surface area contributed by atoms with Crippen LogP contribution in [0, 0.1) is 5.82 Å². The van der Waals surface area contributed by atoms with Gasteiger partial charge in [-0.1, -0.05) is 0 Å². The summed E-state index contributed by atoms with van der Waals surface area (Å²) >= 11 is 0. The molecule has 5 nitrogen and oxygen atoms in total. The third-order valence-electron chi connectivity index (χ3n) is 2.02. The first-order chi connectivity index (χ1) is 8.00. The van der Waals surface area contributed by atoms with Crippen LogP contribution in [0.25, 0.3) is 0 Å². The molecule has 1 aromatic heterocycles. The number of hydrogen-bond acceptors (Lipinski definition) is 4. The molecule has 0 aliphatic carbocycles. The van der Waals surface area contributed by atoms with Crippen LogP contribution in [0.15, 0.2) is 12.3 Å². The van der Waals surface area contributed by atoms with Gasteiger partial charge < -0.3 is 11.1 Å². The molecule has 0 saturated heterocycles. The summed E-state index contributed by atoms with van der Waals surface area (Å²) in [4.78, 5) is 15.1. The molecule has 1 unspecified atom stereocenters. The highest BCUT2D eigenvalue weighted by atomic mass is 32.2. The second kappa shape index (κ2) is 6.29. The zero-order valence-electron chi connectivity index (χ0n) is 9.40. The highest BCUT2D eigenvalue weighted by molar-refractivity contribution is 7.84. The molecule has 0 spiro atoms. The Hall–Kier alpha value is -1.50. The van der Waals surface area contributed by atoms with E-state index in [-0.39, 0.29) is 11.4 Å². The van der Waals surface area contributed by atoms with E-state index in [9.17, 15) is 13.4 Å². The van der Waals surface area contributed by atoms with Gasteiger partial charge in [0, 0.05) is 29.4 Å². The molecule has 0 aromatic carbocycles. The van der Waals surface area contributed by atoms with E-state index >= 15 is 0 Å². The van der Waals surface area contributed by atoms with E-state index in [0.717, 1.165) is 12.3 Å². The maximum atomic E-state index is 12.9. The molecule has 7 heteroatoms. The number of pyridine rings is 1. The molecule has 3 N–H and O–H groups in total. The van der Waals surface area contributed by atoms with Crippen molar-refractivity contribution in [3.8, 4) is 0 Å². The van der Waals surface area contributed by atoms with Crippen molar-refractivity contribution in [1.82, 2.24) is 10.3 Å². The minimum absolute atomic E-state index is 0.0111. The molecule has 1 heterocycles. The van der Waals surface area contributed by atoms with E-state index in [4.69, 9.17) is 5.73 Å². The van der Waals surface area contributed by atoms with Crippen LogP contribution in [-0.2, 0) is 10.8 Å².